The second-order valence-corrected chi connectivity index (χ2v) is 4.99. The number of hydrogen-bond acceptors (Lipinski definition) is 3. The van der Waals surface area contributed by atoms with Gasteiger partial charge in [-0.25, -0.2) is 4.79 Å². The Hall–Kier alpha value is -1.35. The van der Waals surface area contributed by atoms with Crippen molar-refractivity contribution in [1.29, 1.82) is 0 Å². The first kappa shape index (κ1) is 13.1. The molecule has 2 atom stereocenters. The van der Waals surface area contributed by atoms with Gasteiger partial charge in [-0.2, -0.15) is 0 Å². The largest absolute Gasteiger partial charge is 0.464 e. The van der Waals surface area contributed by atoms with Gasteiger partial charge in [0.15, 0.2) is 6.10 Å². The molecule has 2 rings (SSSR count). The molecule has 1 fully saturated rings. The number of rotatable bonds is 5. The van der Waals surface area contributed by atoms with E-state index in [0.29, 0.717) is 6.61 Å². The molecule has 0 N–H and O–H groups in total. The third-order valence-corrected chi connectivity index (χ3v) is 3.39. The van der Waals surface area contributed by atoms with Crippen molar-refractivity contribution in [2.24, 2.45) is 0 Å². The predicted molar refractivity (Wildman–Crippen MR) is 69.3 cm³/mol. The lowest BCUT2D eigenvalue weighted by atomic mass is 9.96. The van der Waals surface area contributed by atoms with Crippen molar-refractivity contribution in [2.75, 3.05) is 6.61 Å². The Labute approximate surface area is 108 Å². The van der Waals surface area contributed by atoms with Crippen molar-refractivity contribution in [3.8, 4) is 0 Å². The molecule has 0 spiro atoms. The summed E-state index contributed by atoms with van der Waals surface area (Å²) in [6.45, 7) is 6.52. The van der Waals surface area contributed by atoms with Gasteiger partial charge in [-0.15, -0.1) is 0 Å². The second kappa shape index (κ2) is 5.11. The first-order valence-electron chi connectivity index (χ1n) is 6.49. The normalized spacial score (nSPS) is 25.8. The van der Waals surface area contributed by atoms with Gasteiger partial charge in [-0.05, 0) is 25.8 Å². The minimum absolute atomic E-state index is 0.244. The van der Waals surface area contributed by atoms with Crippen molar-refractivity contribution >= 4 is 5.97 Å². The molecule has 3 nitrogen and oxygen atoms in total. The van der Waals surface area contributed by atoms with Gasteiger partial charge in [0, 0.05) is 0 Å². The van der Waals surface area contributed by atoms with Crippen molar-refractivity contribution in [1.82, 2.24) is 0 Å². The highest BCUT2D eigenvalue weighted by molar-refractivity contribution is 5.79. The molecular weight excluding hydrogens is 228 g/mol. The van der Waals surface area contributed by atoms with Crippen LogP contribution in [0.2, 0.25) is 0 Å². The van der Waals surface area contributed by atoms with Crippen LogP contribution in [0.3, 0.4) is 0 Å². The number of benzene rings is 1. The standard InChI is InChI=1S/C15H20O3/c1-4-5-10-17-14(16)13-15(3,18-13)12-8-6-11(2)7-9-12/h6-9,13H,4-5,10H2,1-3H3/t13-,15-/m1/s1. The van der Waals surface area contributed by atoms with Crippen LogP contribution < -0.4 is 0 Å². The van der Waals surface area contributed by atoms with E-state index in [9.17, 15) is 4.79 Å². The van der Waals surface area contributed by atoms with Gasteiger partial charge in [0.05, 0.1) is 6.61 Å². The summed E-state index contributed by atoms with van der Waals surface area (Å²) in [5, 5.41) is 0. The van der Waals surface area contributed by atoms with Crippen molar-refractivity contribution in [3.05, 3.63) is 35.4 Å². The zero-order valence-corrected chi connectivity index (χ0v) is 11.2. The Morgan fingerprint density at radius 3 is 2.67 bits per heavy atom. The van der Waals surface area contributed by atoms with Crippen molar-refractivity contribution < 1.29 is 14.3 Å². The Kier molecular flexibility index (Phi) is 3.71. The van der Waals surface area contributed by atoms with Gasteiger partial charge >= 0.3 is 5.97 Å². The lowest BCUT2D eigenvalue weighted by Gasteiger charge is -2.07. The average Bonchev–Trinajstić information content (AvgIpc) is 3.04. The highest BCUT2D eigenvalue weighted by Crippen LogP contribution is 2.46. The molecule has 98 valence electrons. The molecule has 1 aliphatic heterocycles. The molecule has 1 aliphatic rings. The molecule has 0 amide bonds. The minimum Gasteiger partial charge on any atom is -0.464 e. The van der Waals surface area contributed by atoms with E-state index < -0.39 is 11.7 Å². The van der Waals surface area contributed by atoms with Gasteiger partial charge in [0.1, 0.15) is 5.60 Å². The monoisotopic (exact) mass is 248 g/mol. The predicted octanol–water partition coefficient (Wildman–Crippen LogP) is 2.95. The van der Waals surface area contributed by atoms with Gasteiger partial charge in [-0.1, -0.05) is 43.2 Å². The number of ether oxygens (including phenoxy) is 2. The molecule has 0 aromatic heterocycles. The number of carbonyl (C=O) groups excluding carboxylic acids is 1. The molecule has 1 aromatic rings. The highest BCUT2D eigenvalue weighted by Gasteiger charge is 2.59. The number of epoxide rings is 1. The summed E-state index contributed by atoms with van der Waals surface area (Å²) < 4.78 is 10.7. The quantitative estimate of drug-likeness (QED) is 0.457. The van der Waals surface area contributed by atoms with E-state index in [1.54, 1.807) is 0 Å². The Morgan fingerprint density at radius 2 is 2.06 bits per heavy atom. The van der Waals surface area contributed by atoms with Gasteiger partial charge in [0.2, 0.25) is 0 Å². The third-order valence-electron chi connectivity index (χ3n) is 3.39. The molecule has 0 unspecified atom stereocenters. The maximum absolute atomic E-state index is 11.8. The van der Waals surface area contributed by atoms with Gasteiger partial charge < -0.3 is 9.47 Å². The Bertz CT molecular complexity index is 424. The molecule has 18 heavy (non-hydrogen) atoms. The molecule has 0 bridgehead atoms. The van der Waals surface area contributed by atoms with Gasteiger partial charge in [0.25, 0.3) is 0 Å². The molecule has 1 aromatic carbocycles. The maximum Gasteiger partial charge on any atom is 0.338 e. The van der Waals surface area contributed by atoms with Crippen LogP contribution in [0.25, 0.3) is 0 Å². The number of esters is 1. The van der Waals surface area contributed by atoms with Crippen molar-refractivity contribution in [2.45, 2.75) is 45.3 Å². The van der Waals surface area contributed by atoms with E-state index in [4.69, 9.17) is 9.47 Å². The zero-order chi connectivity index (χ0) is 13.2. The van der Waals surface area contributed by atoms with Crippen LogP contribution in [0.1, 0.15) is 37.8 Å². The topological polar surface area (TPSA) is 38.8 Å². The summed E-state index contributed by atoms with van der Waals surface area (Å²) in [5.41, 5.74) is 1.73. The minimum atomic E-state index is -0.503. The highest BCUT2D eigenvalue weighted by atomic mass is 16.7. The summed E-state index contributed by atoms with van der Waals surface area (Å²) in [4.78, 5) is 11.8. The second-order valence-electron chi connectivity index (χ2n) is 4.99. The lowest BCUT2D eigenvalue weighted by molar-refractivity contribution is -0.145. The van der Waals surface area contributed by atoms with Crippen LogP contribution in [-0.2, 0) is 19.9 Å². The molecule has 1 saturated heterocycles. The number of aryl methyl sites for hydroxylation is 1. The van der Waals surface area contributed by atoms with Crippen LogP contribution in [0.4, 0.5) is 0 Å². The van der Waals surface area contributed by atoms with E-state index in [-0.39, 0.29) is 5.97 Å². The van der Waals surface area contributed by atoms with Crippen LogP contribution in [0.5, 0.6) is 0 Å². The Morgan fingerprint density at radius 1 is 1.39 bits per heavy atom. The van der Waals surface area contributed by atoms with Crippen molar-refractivity contribution in [3.63, 3.8) is 0 Å². The SMILES string of the molecule is CCCCOC(=O)[C@H]1O[C@]1(C)c1ccc(C)cc1. The van der Waals surface area contributed by atoms with E-state index in [0.717, 1.165) is 18.4 Å². The number of unbranched alkanes of at least 4 members (excludes halogenated alkanes) is 1. The van der Waals surface area contributed by atoms with Crippen LogP contribution in [-0.4, -0.2) is 18.7 Å². The summed E-state index contributed by atoms with van der Waals surface area (Å²) in [6, 6.07) is 8.08. The smallest absolute Gasteiger partial charge is 0.338 e. The first-order valence-corrected chi connectivity index (χ1v) is 6.49. The summed E-state index contributed by atoms with van der Waals surface area (Å²) >= 11 is 0. The fraction of sp³-hybridized carbons (Fsp3) is 0.533. The van der Waals surface area contributed by atoms with Gasteiger partial charge in [-0.3, -0.25) is 0 Å². The fourth-order valence-electron chi connectivity index (χ4n) is 1.98. The third kappa shape index (κ3) is 2.56. The van der Waals surface area contributed by atoms with E-state index in [2.05, 4.69) is 6.92 Å². The molecule has 0 radical (unpaired) electrons. The molecule has 0 aliphatic carbocycles. The molecular formula is C15H20O3. The molecule has 3 heteroatoms. The lowest BCUT2D eigenvalue weighted by Crippen LogP contribution is -2.19. The number of hydrogen-bond donors (Lipinski definition) is 0. The fourth-order valence-corrected chi connectivity index (χ4v) is 1.98. The molecule has 0 saturated carbocycles. The first-order chi connectivity index (χ1) is 8.58. The maximum atomic E-state index is 11.8. The Balaban J connectivity index is 1.95. The van der Waals surface area contributed by atoms with Crippen LogP contribution >= 0.6 is 0 Å². The van der Waals surface area contributed by atoms with E-state index in [1.807, 2.05) is 38.1 Å². The summed E-state index contributed by atoms with van der Waals surface area (Å²) in [5.74, 6) is -0.244. The zero-order valence-electron chi connectivity index (χ0n) is 11.2. The van der Waals surface area contributed by atoms with E-state index in [1.165, 1.54) is 5.56 Å². The summed E-state index contributed by atoms with van der Waals surface area (Å²) in [6.07, 6.45) is 1.48. The molecule has 1 heterocycles. The number of carbonyl (C=O) groups is 1. The van der Waals surface area contributed by atoms with Crippen LogP contribution in [0, 0.1) is 6.92 Å². The van der Waals surface area contributed by atoms with Crippen LogP contribution in [0.15, 0.2) is 24.3 Å². The van der Waals surface area contributed by atoms with E-state index >= 15 is 0 Å². The average molecular weight is 248 g/mol. The summed E-state index contributed by atoms with van der Waals surface area (Å²) in [7, 11) is 0.